The van der Waals surface area contributed by atoms with Crippen molar-refractivity contribution < 1.29 is 39.5 Å². The SMILES string of the molecule is CCCCCCCCCCCCCCCCCCCCCN(CCCCCCCCCCCCCCCCCCCCC)CC(=O)[O-].[Na+]. The number of carbonyl (C=O) groups excluding carboxylic acids is 1. The molecule has 0 bridgehead atoms. The predicted molar refractivity (Wildman–Crippen MR) is 208 cm³/mol. The van der Waals surface area contributed by atoms with E-state index in [1.807, 2.05) is 0 Å². The Labute approximate surface area is 326 Å². The maximum atomic E-state index is 11.3. The van der Waals surface area contributed by atoms with Crippen LogP contribution in [0.1, 0.15) is 258 Å². The predicted octanol–water partition coefficient (Wildman–Crippen LogP) is 10.9. The number of rotatable bonds is 42. The van der Waals surface area contributed by atoms with E-state index in [1.165, 1.54) is 231 Å². The van der Waals surface area contributed by atoms with E-state index in [1.54, 1.807) is 0 Å². The van der Waals surface area contributed by atoms with Gasteiger partial charge in [-0.1, -0.05) is 245 Å². The maximum absolute atomic E-state index is 11.3. The normalized spacial score (nSPS) is 11.4. The molecule has 0 saturated heterocycles. The number of aliphatic carboxylic acids is 1. The molecule has 0 atom stereocenters. The molecule has 0 aliphatic carbocycles. The van der Waals surface area contributed by atoms with Crippen molar-refractivity contribution in [3.8, 4) is 0 Å². The first-order chi connectivity index (χ1) is 23.2. The summed E-state index contributed by atoms with van der Waals surface area (Å²) < 4.78 is 0. The monoisotopic (exact) mass is 686 g/mol. The van der Waals surface area contributed by atoms with Crippen molar-refractivity contribution in [2.45, 2.75) is 258 Å². The van der Waals surface area contributed by atoms with Crippen LogP contribution in [0, 0.1) is 0 Å². The Bertz CT molecular complexity index is 544. The van der Waals surface area contributed by atoms with Crippen molar-refractivity contribution in [3.05, 3.63) is 0 Å². The number of nitrogens with zero attached hydrogens (tertiary/aromatic N) is 1. The molecule has 0 aromatic carbocycles. The first-order valence-electron chi connectivity index (χ1n) is 22.1. The second-order valence-corrected chi connectivity index (χ2v) is 15.4. The van der Waals surface area contributed by atoms with Gasteiger partial charge in [0, 0.05) is 6.54 Å². The standard InChI is InChI=1S/C44H89NO2.Na/c1-3-5-7-9-11-13-15-17-19-21-23-25-27-29-31-33-35-37-39-41-45(43-44(46)47)42-40-38-36-34-32-30-28-26-24-22-20-18-16-14-12-10-8-6-4-2;/h3-43H2,1-2H3,(H,46,47);/q;+1/p-1. The van der Waals surface area contributed by atoms with Crippen molar-refractivity contribution in [3.63, 3.8) is 0 Å². The zero-order valence-corrected chi connectivity index (χ0v) is 35.8. The van der Waals surface area contributed by atoms with Gasteiger partial charge < -0.3 is 9.90 Å². The Kier molecular flexibility index (Phi) is 47.9. The van der Waals surface area contributed by atoms with Gasteiger partial charge in [-0.2, -0.15) is 0 Å². The fourth-order valence-corrected chi connectivity index (χ4v) is 7.28. The van der Waals surface area contributed by atoms with E-state index < -0.39 is 5.97 Å². The first-order valence-corrected chi connectivity index (χ1v) is 22.1. The molecule has 282 valence electrons. The van der Waals surface area contributed by atoms with E-state index in [9.17, 15) is 9.90 Å². The van der Waals surface area contributed by atoms with E-state index in [4.69, 9.17) is 0 Å². The number of unbranched alkanes of at least 4 members (excludes halogenated alkanes) is 36. The van der Waals surface area contributed by atoms with Gasteiger partial charge in [0.05, 0.1) is 5.97 Å². The smallest absolute Gasteiger partial charge is 0.549 e. The summed E-state index contributed by atoms with van der Waals surface area (Å²) in [5, 5.41) is 11.3. The Hall–Kier alpha value is 0.430. The summed E-state index contributed by atoms with van der Waals surface area (Å²) in [4.78, 5) is 13.4. The van der Waals surface area contributed by atoms with E-state index >= 15 is 0 Å². The topological polar surface area (TPSA) is 43.4 Å². The van der Waals surface area contributed by atoms with Crippen LogP contribution >= 0.6 is 0 Å². The number of hydrogen-bond acceptors (Lipinski definition) is 3. The molecular weight excluding hydrogens is 597 g/mol. The molecule has 4 heteroatoms. The summed E-state index contributed by atoms with van der Waals surface area (Å²) in [6.07, 6.45) is 52.9. The van der Waals surface area contributed by atoms with Crippen molar-refractivity contribution >= 4 is 5.97 Å². The second kappa shape index (κ2) is 45.5. The van der Waals surface area contributed by atoms with Crippen LogP contribution in [0.2, 0.25) is 0 Å². The molecule has 0 aliphatic heterocycles. The van der Waals surface area contributed by atoms with Gasteiger partial charge in [0.15, 0.2) is 0 Å². The molecule has 0 aliphatic rings. The molecule has 0 fully saturated rings. The summed E-state index contributed by atoms with van der Waals surface area (Å²) in [7, 11) is 0. The summed E-state index contributed by atoms with van der Waals surface area (Å²) >= 11 is 0. The zero-order valence-electron chi connectivity index (χ0n) is 33.8. The van der Waals surface area contributed by atoms with Crippen LogP contribution in [-0.2, 0) is 4.79 Å². The number of hydrogen-bond donors (Lipinski definition) is 0. The van der Waals surface area contributed by atoms with Gasteiger partial charge in [-0.05, 0) is 25.9 Å². The molecule has 48 heavy (non-hydrogen) atoms. The second-order valence-electron chi connectivity index (χ2n) is 15.4. The fraction of sp³-hybridized carbons (Fsp3) is 0.977. The Morgan fingerprint density at radius 1 is 0.333 bits per heavy atom. The summed E-state index contributed by atoms with van der Waals surface area (Å²) in [6.45, 7) is 6.54. The van der Waals surface area contributed by atoms with Crippen LogP contribution in [0.25, 0.3) is 0 Å². The summed E-state index contributed by atoms with van der Waals surface area (Å²) in [5.41, 5.74) is 0. The fourth-order valence-electron chi connectivity index (χ4n) is 7.28. The van der Waals surface area contributed by atoms with Crippen LogP contribution < -0.4 is 34.7 Å². The molecule has 0 unspecified atom stereocenters. The van der Waals surface area contributed by atoms with Crippen LogP contribution in [0.3, 0.4) is 0 Å². The average molecular weight is 686 g/mol. The number of carbonyl (C=O) groups is 1. The van der Waals surface area contributed by atoms with Gasteiger partial charge in [-0.25, -0.2) is 0 Å². The van der Waals surface area contributed by atoms with E-state index in [0.717, 1.165) is 25.9 Å². The molecule has 0 heterocycles. The third kappa shape index (κ3) is 44.5. The molecule has 0 N–H and O–H groups in total. The van der Waals surface area contributed by atoms with Crippen molar-refractivity contribution in [1.29, 1.82) is 0 Å². The van der Waals surface area contributed by atoms with Crippen molar-refractivity contribution in [2.75, 3.05) is 19.6 Å². The Morgan fingerprint density at radius 3 is 0.667 bits per heavy atom. The van der Waals surface area contributed by atoms with Gasteiger partial charge in [-0.3, -0.25) is 4.90 Å². The number of carboxylic acids is 1. The minimum absolute atomic E-state index is 0. The Balaban J connectivity index is 0. The number of carboxylic acid groups (broad SMARTS) is 1. The Morgan fingerprint density at radius 2 is 0.500 bits per heavy atom. The third-order valence-electron chi connectivity index (χ3n) is 10.5. The zero-order chi connectivity index (χ0) is 34.1. The largest absolute Gasteiger partial charge is 1.00 e. The molecule has 0 aromatic heterocycles. The van der Waals surface area contributed by atoms with E-state index in [-0.39, 0.29) is 36.1 Å². The van der Waals surface area contributed by atoms with Crippen LogP contribution in [0.4, 0.5) is 0 Å². The van der Waals surface area contributed by atoms with Crippen molar-refractivity contribution in [2.24, 2.45) is 0 Å². The van der Waals surface area contributed by atoms with Crippen LogP contribution in [0.5, 0.6) is 0 Å². The molecule has 0 amide bonds. The van der Waals surface area contributed by atoms with Gasteiger partial charge in [0.2, 0.25) is 0 Å². The molecular formula is C44H88NNaO2. The molecule has 0 saturated carbocycles. The molecule has 0 radical (unpaired) electrons. The third-order valence-corrected chi connectivity index (χ3v) is 10.5. The molecule has 0 aromatic rings. The minimum atomic E-state index is -0.916. The van der Waals surface area contributed by atoms with Gasteiger partial charge in [0.25, 0.3) is 0 Å². The van der Waals surface area contributed by atoms with E-state index in [0.29, 0.717) is 0 Å². The average Bonchev–Trinajstić information content (AvgIpc) is 3.06. The van der Waals surface area contributed by atoms with Gasteiger partial charge >= 0.3 is 29.6 Å². The first kappa shape index (κ1) is 50.5. The summed E-state index contributed by atoms with van der Waals surface area (Å²) in [5.74, 6) is -0.916. The quantitative estimate of drug-likeness (QED) is 0.0474. The van der Waals surface area contributed by atoms with Crippen LogP contribution in [0.15, 0.2) is 0 Å². The van der Waals surface area contributed by atoms with Gasteiger partial charge in [-0.15, -0.1) is 0 Å². The van der Waals surface area contributed by atoms with Crippen molar-refractivity contribution in [1.82, 2.24) is 4.90 Å². The maximum Gasteiger partial charge on any atom is 1.00 e. The van der Waals surface area contributed by atoms with Gasteiger partial charge in [0.1, 0.15) is 0 Å². The molecule has 3 nitrogen and oxygen atoms in total. The van der Waals surface area contributed by atoms with Crippen LogP contribution in [-0.4, -0.2) is 30.5 Å². The minimum Gasteiger partial charge on any atom is -0.549 e. The molecule has 0 rings (SSSR count). The summed E-state index contributed by atoms with van der Waals surface area (Å²) in [6, 6.07) is 0. The van der Waals surface area contributed by atoms with E-state index in [2.05, 4.69) is 18.7 Å². The molecule has 0 spiro atoms.